The average Bonchev–Trinajstić information content (AvgIpc) is 2.64. The summed E-state index contributed by atoms with van der Waals surface area (Å²) < 4.78 is 4.72. The van der Waals surface area contributed by atoms with Gasteiger partial charge in [-0.3, -0.25) is 4.79 Å². The lowest BCUT2D eigenvalue weighted by atomic mass is 9.84. The van der Waals surface area contributed by atoms with Crippen LogP contribution in [0.1, 0.15) is 19.4 Å². The van der Waals surface area contributed by atoms with Crippen molar-refractivity contribution in [3.63, 3.8) is 0 Å². The van der Waals surface area contributed by atoms with Gasteiger partial charge in [0.1, 0.15) is 6.61 Å². The summed E-state index contributed by atoms with van der Waals surface area (Å²) in [6, 6.07) is 8.34. The van der Waals surface area contributed by atoms with Crippen LogP contribution in [0.25, 0.3) is 0 Å². The summed E-state index contributed by atoms with van der Waals surface area (Å²) in [6.07, 6.45) is 3.53. The Morgan fingerprint density at radius 3 is 2.81 bits per heavy atom. The van der Waals surface area contributed by atoms with E-state index in [9.17, 15) is 4.79 Å². The number of amides is 1. The summed E-state index contributed by atoms with van der Waals surface area (Å²) in [5.41, 5.74) is 5.94. The number of methoxy groups -OCH3 is 1. The molecule has 5 heteroatoms. The Balaban J connectivity index is 2.16. The number of hydrogen-bond donors (Lipinski definition) is 1. The smallest absolute Gasteiger partial charge is 0.266 e. The molecule has 0 spiro atoms. The lowest BCUT2D eigenvalue weighted by Crippen LogP contribution is -2.24. The zero-order valence-corrected chi connectivity index (χ0v) is 12.9. The van der Waals surface area contributed by atoms with E-state index < -0.39 is 0 Å². The van der Waals surface area contributed by atoms with Gasteiger partial charge in [-0.15, -0.1) is 0 Å². The first-order valence-corrected chi connectivity index (χ1v) is 6.83. The molecule has 112 valence electrons. The molecule has 0 radical (unpaired) electrons. The molecule has 1 aromatic carbocycles. The first kappa shape index (κ1) is 15.3. The van der Waals surface area contributed by atoms with Crippen molar-refractivity contribution in [3.05, 3.63) is 41.6 Å². The summed E-state index contributed by atoms with van der Waals surface area (Å²) in [6.45, 7) is 4.36. The molecule has 0 aromatic heterocycles. The van der Waals surface area contributed by atoms with Crippen LogP contribution >= 0.6 is 0 Å². The Bertz CT molecular complexity index is 591. The normalized spacial score (nSPS) is 18.3. The van der Waals surface area contributed by atoms with Crippen LogP contribution in [0.3, 0.4) is 0 Å². The zero-order valence-electron chi connectivity index (χ0n) is 12.9. The molecule has 1 heterocycles. The summed E-state index contributed by atoms with van der Waals surface area (Å²) in [5.74, 6) is -0.269. The predicted octanol–water partition coefficient (Wildman–Crippen LogP) is 2.05. The fourth-order valence-electron chi connectivity index (χ4n) is 2.68. The molecule has 0 saturated heterocycles. The highest BCUT2D eigenvalue weighted by atomic mass is 16.5. The summed E-state index contributed by atoms with van der Waals surface area (Å²) in [5, 5.41) is 3.91. The van der Waals surface area contributed by atoms with E-state index in [2.05, 4.69) is 47.5 Å². The molecule has 0 aliphatic carbocycles. The van der Waals surface area contributed by atoms with E-state index >= 15 is 0 Å². The van der Waals surface area contributed by atoms with Crippen LogP contribution in [-0.2, 0) is 14.9 Å². The molecule has 1 N–H and O–H groups in total. The third-order valence-corrected chi connectivity index (χ3v) is 3.71. The highest BCUT2D eigenvalue weighted by Crippen LogP contribution is 2.46. The summed E-state index contributed by atoms with van der Waals surface area (Å²) in [4.78, 5) is 13.4. The van der Waals surface area contributed by atoms with Crippen LogP contribution in [0, 0.1) is 0 Å². The van der Waals surface area contributed by atoms with Crippen LogP contribution in [0.15, 0.2) is 41.1 Å². The van der Waals surface area contributed by atoms with Crippen LogP contribution < -0.4 is 10.3 Å². The van der Waals surface area contributed by atoms with Gasteiger partial charge >= 0.3 is 0 Å². The number of fused-ring (bicyclic) bond motifs is 1. The van der Waals surface area contributed by atoms with E-state index in [0.29, 0.717) is 0 Å². The van der Waals surface area contributed by atoms with Gasteiger partial charge < -0.3 is 9.64 Å². The standard InChI is InChI=1S/C16H21N3O2/c1-16(2)12-7-5-6-8-13(12)19(3)14(16)9-10-17-18-15(20)11-21-4/h5-10H,11H2,1-4H3,(H,18,20)/b14-9+,17-10-. The molecule has 0 unspecified atom stereocenters. The van der Waals surface area contributed by atoms with Crippen molar-refractivity contribution >= 4 is 17.8 Å². The summed E-state index contributed by atoms with van der Waals surface area (Å²) in [7, 11) is 3.51. The second-order valence-corrected chi connectivity index (χ2v) is 5.50. The molecule has 1 aliphatic rings. The number of rotatable bonds is 4. The number of para-hydroxylation sites is 1. The molecule has 0 fully saturated rings. The lowest BCUT2D eigenvalue weighted by Gasteiger charge is -2.23. The highest BCUT2D eigenvalue weighted by Gasteiger charge is 2.37. The molecule has 0 saturated carbocycles. The number of carbonyl (C=O) groups is 1. The number of carbonyl (C=O) groups excluding carboxylic acids is 1. The topological polar surface area (TPSA) is 53.9 Å². The molecule has 21 heavy (non-hydrogen) atoms. The van der Waals surface area contributed by atoms with Crippen molar-refractivity contribution in [3.8, 4) is 0 Å². The second kappa shape index (κ2) is 6.10. The van der Waals surface area contributed by atoms with Crippen LogP contribution in [0.2, 0.25) is 0 Å². The van der Waals surface area contributed by atoms with Gasteiger partial charge in [0.05, 0.1) is 0 Å². The second-order valence-electron chi connectivity index (χ2n) is 5.50. The predicted molar refractivity (Wildman–Crippen MR) is 84.5 cm³/mol. The fraction of sp³-hybridized carbons (Fsp3) is 0.375. The number of hydrogen-bond acceptors (Lipinski definition) is 4. The molecule has 0 bridgehead atoms. The van der Waals surface area contributed by atoms with Crippen LogP contribution in [-0.4, -0.2) is 32.9 Å². The Hall–Kier alpha value is -2.14. The van der Waals surface area contributed by atoms with Gasteiger partial charge in [-0.1, -0.05) is 32.0 Å². The minimum Gasteiger partial charge on any atom is -0.375 e. The Morgan fingerprint density at radius 2 is 2.14 bits per heavy atom. The Labute approximate surface area is 125 Å². The number of nitrogens with one attached hydrogen (secondary N) is 1. The fourth-order valence-corrected chi connectivity index (χ4v) is 2.68. The van der Waals surface area contributed by atoms with E-state index in [4.69, 9.17) is 4.74 Å². The van der Waals surface area contributed by atoms with Gasteiger partial charge in [0, 0.05) is 37.2 Å². The van der Waals surface area contributed by atoms with Crippen LogP contribution in [0.4, 0.5) is 5.69 Å². The number of anilines is 1. The molecule has 2 rings (SSSR count). The van der Waals surface area contributed by atoms with Crippen molar-refractivity contribution in [1.29, 1.82) is 0 Å². The van der Waals surface area contributed by atoms with Crippen LogP contribution in [0.5, 0.6) is 0 Å². The third-order valence-electron chi connectivity index (χ3n) is 3.71. The molecular formula is C16H21N3O2. The molecule has 5 nitrogen and oxygen atoms in total. The molecular weight excluding hydrogens is 266 g/mol. The molecule has 1 aliphatic heterocycles. The quantitative estimate of drug-likeness (QED) is 0.681. The van der Waals surface area contributed by atoms with Crippen molar-refractivity contribution in [1.82, 2.24) is 5.43 Å². The van der Waals surface area contributed by atoms with E-state index in [1.807, 2.05) is 19.2 Å². The maximum absolute atomic E-state index is 11.2. The zero-order chi connectivity index (χ0) is 15.5. The minimum atomic E-state index is -0.269. The van der Waals surface area contributed by atoms with Gasteiger partial charge in [0.25, 0.3) is 5.91 Å². The van der Waals surface area contributed by atoms with Gasteiger partial charge in [-0.2, -0.15) is 5.10 Å². The number of hydrazone groups is 1. The van der Waals surface area contributed by atoms with E-state index in [0.717, 1.165) is 5.70 Å². The molecule has 0 atom stereocenters. The first-order chi connectivity index (χ1) is 9.98. The maximum atomic E-state index is 11.2. The van der Waals surface area contributed by atoms with Gasteiger partial charge in [0.2, 0.25) is 0 Å². The lowest BCUT2D eigenvalue weighted by molar-refractivity contribution is -0.124. The van der Waals surface area contributed by atoms with Crippen molar-refractivity contribution < 1.29 is 9.53 Å². The van der Waals surface area contributed by atoms with Crippen molar-refractivity contribution in [2.24, 2.45) is 5.10 Å². The number of benzene rings is 1. The monoisotopic (exact) mass is 287 g/mol. The largest absolute Gasteiger partial charge is 0.375 e. The SMILES string of the molecule is COCC(=O)N/N=C\C=C1\N(C)c2ccccc2C1(C)C. The number of allylic oxidation sites excluding steroid dienone is 2. The molecule has 1 amide bonds. The highest BCUT2D eigenvalue weighted by molar-refractivity contribution is 5.82. The number of nitrogens with zero attached hydrogens (tertiary/aromatic N) is 2. The van der Waals surface area contributed by atoms with Gasteiger partial charge in [0.15, 0.2) is 0 Å². The Kier molecular flexibility index (Phi) is 4.43. The minimum absolute atomic E-state index is 0.00471. The van der Waals surface area contributed by atoms with E-state index in [-0.39, 0.29) is 17.9 Å². The number of ether oxygens (including phenoxy) is 1. The number of likely N-dealkylation sites (N-methyl/N-ethyl adjacent to an activating group) is 1. The summed E-state index contributed by atoms with van der Waals surface area (Å²) >= 11 is 0. The van der Waals surface area contributed by atoms with Gasteiger partial charge in [-0.25, -0.2) is 5.43 Å². The Morgan fingerprint density at radius 1 is 1.43 bits per heavy atom. The van der Waals surface area contributed by atoms with Crippen molar-refractivity contribution in [2.45, 2.75) is 19.3 Å². The van der Waals surface area contributed by atoms with E-state index in [1.54, 1.807) is 6.21 Å². The van der Waals surface area contributed by atoms with Crippen molar-refractivity contribution in [2.75, 3.05) is 25.7 Å². The third kappa shape index (κ3) is 2.97. The van der Waals surface area contributed by atoms with Gasteiger partial charge in [-0.05, 0) is 17.7 Å². The average molecular weight is 287 g/mol. The maximum Gasteiger partial charge on any atom is 0.266 e. The molecule has 1 aromatic rings. The first-order valence-electron chi connectivity index (χ1n) is 6.83. The van der Waals surface area contributed by atoms with E-state index in [1.165, 1.54) is 18.4 Å².